The lowest BCUT2D eigenvalue weighted by atomic mass is 10.2. The molecule has 0 aliphatic rings. The molecule has 0 unspecified atom stereocenters. The number of aliphatic imine (C=N–C) groups is 1. The van der Waals surface area contributed by atoms with Crippen molar-refractivity contribution in [1.29, 1.82) is 0 Å². The fourth-order valence-electron chi connectivity index (χ4n) is 1.36. The van der Waals surface area contributed by atoms with Crippen LogP contribution in [0.5, 0.6) is 11.5 Å². The van der Waals surface area contributed by atoms with Crippen molar-refractivity contribution in [2.45, 2.75) is 0 Å². The van der Waals surface area contributed by atoms with E-state index in [2.05, 4.69) is 4.99 Å². The minimum absolute atomic E-state index is 0.0227. The minimum Gasteiger partial charge on any atom is -0.508 e. The molecule has 2 aromatic rings. The Bertz CT molecular complexity index is 486. The van der Waals surface area contributed by atoms with E-state index in [1.54, 1.807) is 6.21 Å². The van der Waals surface area contributed by atoms with Gasteiger partial charge in [0.05, 0.1) is 5.69 Å². The van der Waals surface area contributed by atoms with E-state index < -0.39 is 0 Å². The second kappa shape index (κ2) is 4.49. The van der Waals surface area contributed by atoms with Crippen LogP contribution in [0.2, 0.25) is 0 Å². The Hall–Kier alpha value is -2.29. The summed E-state index contributed by atoms with van der Waals surface area (Å²) in [5.41, 5.74) is 1.48. The summed E-state index contributed by atoms with van der Waals surface area (Å²) in [6, 6.07) is 13.8. The lowest BCUT2D eigenvalue weighted by Crippen LogP contribution is -1.80. The predicted octanol–water partition coefficient (Wildman–Crippen LogP) is 2.85. The zero-order valence-corrected chi connectivity index (χ0v) is 8.54. The number of benzene rings is 2. The Labute approximate surface area is 93.3 Å². The molecule has 3 heteroatoms. The number of hydrogen-bond donors (Lipinski definition) is 2. The van der Waals surface area contributed by atoms with Gasteiger partial charge in [-0.05, 0) is 24.3 Å². The number of aromatic hydroxyl groups is 2. The van der Waals surface area contributed by atoms with Crippen molar-refractivity contribution in [2.75, 3.05) is 0 Å². The average Bonchev–Trinajstić information content (AvgIpc) is 2.27. The van der Waals surface area contributed by atoms with Crippen molar-refractivity contribution in [2.24, 2.45) is 4.99 Å². The Balaban J connectivity index is 2.24. The van der Waals surface area contributed by atoms with Crippen molar-refractivity contribution >= 4 is 11.9 Å². The molecule has 0 bridgehead atoms. The highest BCUT2D eigenvalue weighted by Crippen LogP contribution is 2.19. The molecule has 0 atom stereocenters. The van der Waals surface area contributed by atoms with Gasteiger partial charge in [0.15, 0.2) is 0 Å². The van der Waals surface area contributed by atoms with Crippen LogP contribution >= 0.6 is 0 Å². The van der Waals surface area contributed by atoms with Gasteiger partial charge in [-0.15, -0.1) is 0 Å². The van der Waals surface area contributed by atoms with E-state index in [0.29, 0.717) is 5.56 Å². The number of phenolic OH excluding ortho intramolecular Hbond substituents is 2. The van der Waals surface area contributed by atoms with Crippen LogP contribution in [0.15, 0.2) is 53.5 Å². The van der Waals surface area contributed by atoms with Crippen LogP contribution in [-0.4, -0.2) is 16.4 Å². The monoisotopic (exact) mass is 213 g/mol. The molecule has 0 amide bonds. The highest BCUT2D eigenvalue weighted by atomic mass is 16.3. The first kappa shape index (κ1) is 10.2. The van der Waals surface area contributed by atoms with Crippen LogP contribution in [0.1, 0.15) is 5.56 Å². The maximum Gasteiger partial charge on any atom is 0.119 e. The van der Waals surface area contributed by atoms with E-state index in [1.165, 1.54) is 18.2 Å². The van der Waals surface area contributed by atoms with E-state index in [9.17, 15) is 10.2 Å². The van der Waals surface area contributed by atoms with Crippen molar-refractivity contribution in [3.8, 4) is 11.5 Å². The second-order valence-corrected chi connectivity index (χ2v) is 3.38. The average molecular weight is 213 g/mol. The van der Waals surface area contributed by atoms with E-state index in [0.717, 1.165) is 5.69 Å². The summed E-state index contributed by atoms with van der Waals surface area (Å²) in [6.07, 6.45) is 1.59. The third-order valence-electron chi connectivity index (χ3n) is 2.04. The molecule has 0 aliphatic heterocycles. The zero-order chi connectivity index (χ0) is 11.4. The molecule has 0 saturated carbocycles. The van der Waals surface area contributed by atoms with Gasteiger partial charge in [0.25, 0.3) is 0 Å². The van der Waals surface area contributed by atoms with E-state index in [1.807, 2.05) is 30.3 Å². The molecule has 0 aliphatic carbocycles. The molecule has 0 aromatic heterocycles. The van der Waals surface area contributed by atoms with Crippen molar-refractivity contribution in [3.63, 3.8) is 0 Å². The number of nitrogens with zero attached hydrogens (tertiary/aromatic N) is 1. The summed E-state index contributed by atoms with van der Waals surface area (Å²) in [5.74, 6) is 0.0454. The molecule has 2 rings (SSSR count). The van der Waals surface area contributed by atoms with Gasteiger partial charge in [0.1, 0.15) is 11.5 Å². The molecule has 0 spiro atoms. The van der Waals surface area contributed by atoms with Gasteiger partial charge < -0.3 is 10.2 Å². The number of para-hydroxylation sites is 1. The van der Waals surface area contributed by atoms with Crippen molar-refractivity contribution in [1.82, 2.24) is 0 Å². The highest BCUT2D eigenvalue weighted by Gasteiger charge is 1.96. The first-order valence-electron chi connectivity index (χ1n) is 4.86. The summed E-state index contributed by atoms with van der Waals surface area (Å²) in [6.45, 7) is 0. The molecule has 0 fully saturated rings. The second-order valence-electron chi connectivity index (χ2n) is 3.38. The van der Waals surface area contributed by atoms with Crippen LogP contribution < -0.4 is 0 Å². The van der Waals surface area contributed by atoms with Crippen LogP contribution in [0.3, 0.4) is 0 Å². The van der Waals surface area contributed by atoms with Crippen molar-refractivity contribution in [3.05, 3.63) is 54.1 Å². The maximum absolute atomic E-state index is 9.27. The summed E-state index contributed by atoms with van der Waals surface area (Å²) in [4.78, 5) is 4.21. The standard InChI is InChI=1S/C13H11NO2/c15-12-6-10(7-13(16)8-12)9-14-11-4-2-1-3-5-11/h1-9,15-16H/b14-9+. The predicted molar refractivity (Wildman–Crippen MR) is 63.5 cm³/mol. The van der Waals surface area contributed by atoms with Crippen LogP contribution in [0.25, 0.3) is 0 Å². The van der Waals surface area contributed by atoms with Gasteiger partial charge in [-0.3, -0.25) is 4.99 Å². The molecule has 16 heavy (non-hydrogen) atoms. The van der Waals surface area contributed by atoms with Gasteiger partial charge >= 0.3 is 0 Å². The molecule has 3 nitrogen and oxygen atoms in total. The molecule has 0 heterocycles. The Morgan fingerprint density at radius 2 is 1.50 bits per heavy atom. The molecule has 0 radical (unpaired) electrons. The quantitative estimate of drug-likeness (QED) is 0.753. The van der Waals surface area contributed by atoms with Gasteiger partial charge in [-0.1, -0.05) is 18.2 Å². The maximum atomic E-state index is 9.27. The third-order valence-corrected chi connectivity index (χ3v) is 2.04. The lowest BCUT2D eigenvalue weighted by molar-refractivity contribution is 0.450. The Morgan fingerprint density at radius 1 is 0.875 bits per heavy atom. The smallest absolute Gasteiger partial charge is 0.119 e. The van der Waals surface area contributed by atoms with Crippen molar-refractivity contribution < 1.29 is 10.2 Å². The van der Waals surface area contributed by atoms with Gasteiger partial charge in [-0.2, -0.15) is 0 Å². The van der Waals surface area contributed by atoms with Gasteiger partial charge in [0, 0.05) is 17.8 Å². The molecule has 2 N–H and O–H groups in total. The first-order valence-corrected chi connectivity index (χ1v) is 4.86. The molecule has 2 aromatic carbocycles. The first-order chi connectivity index (χ1) is 7.74. The zero-order valence-electron chi connectivity index (χ0n) is 8.54. The number of hydrogen-bond acceptors (Lipinski definition) is 3. The van der Waals surface area contributed by atoms with Crippen LogP contribution in [0, 0.1) is 0 Å². The summed E-state index contributed by atoms with van der Waals surface area (Å²) >= 11 is 0. The normalized spacial score (nSPS) is 10.8. The number of phenols is 2. The summed E-state index contributed by atoms with van der Waals surface area (Å²) in [7, 11) is 0. The fraction of sp³-hybridized carbons (Fsp3) is 0. The Kier molecular flexibility index (Phi) is 2.87. The van der Waals surface area contributed by atoms with E-state index in [-0.39, 0.29) is 11.5 Å². The molecule has 80 valence electrons. The molecular formula is C13H11NO2. The molecule has 0 saturated heterocycles. The number of rotatable bonds is 2. The third kappa shape index (κ3) is 2.60. The van der Waals surface area contributed by atoms with E-state index in [4.69, 9.17) is 0 Å². The van der Waals surface area contributed by atoms with Gasteiger partial charge in [-0.25, -0.2) is 0 Å². The highest BCUT2D eigenvalue weighted by molar-refractivity contribution is 5.83. The minimum atomic E-state index is 0.0227. The van der Waals surface area contributed by atoms with Gasteiger partial charge in [0.2, 0.25) is 0 Å². The SMILES string of the molecule is Oc1cc(O)cc(/C=N/c2ccccc2)c1. The largest absolute Gasteiger partial charge is 0.508 e. The topological polar surface area (TPSA) is 52.8 Å². The van der Waals surface area contributed by atoms with E-state index >= 15 is 0 Å². The summed E-state index contributed by atoms with van der Waals surface area (Å²) < 4.78 is 0. The summed E-state index contributed by atoms with van der Waals surface area (Å²) in [5, 5.41) is 18.5. The fourth-order valence-corrected chi connectivity index (χ4v) is 1.36. The lowest BCUT2D eigenvalue weighted by Gasteiger charge is -1.97. The Morgan fingerprint density at radius 3 is 2.12 bits per heavy atom. The van der Waals surface area contributed by atoms with Crippen LogP contribution in [-0.2, 0) is 0 Å². The van der Waals surface area contributed by atoms with Crippen LogP contribution in [0.4, 0.5) is 5.69 Å². The molecular weight excluding hydrogens is 202 g/mol.